The maximum absolute atomic E-state index is 10.6. The highest BCUT2D eigenvalue weighted by Crippen LogP contribution is 2.14. The Morgan fingerprint density at radius 1 is 1.56 bits per heavy atom. The fourth-order valence-corrected chi connectivity index (χ4v) is 1.24. The molecule has 1 aromatic rings. The van der Waals surface area contributed by atoms with E-state index in [1.54, 1.807) is 6.92 Å². The lowest BCUT2D eigenvalue weighted by atomic mass is 10.2. The molecule has 1 heterocycles. The van der Waals surface area contributed by atoms with Gasteiger partial charge >= 0.3 is 5.97 Å². The molecule has 1 aromatic heterocycles. The van der Waals surface area contributed by atoms with Crippen LogP contribution in [-0.4, -0.2) is 23.5 Å². The fraction of sp³-hybridized carbons (Fsp3) is 0.400. The van der Waals surface area contributed by atoms with Crippen molar-refractivity contribution in [3.05, 3.63) is 23.2 Å². The minimum Gasteiger partial charge on any atom is -0.475 e. The van der Waals surface area contributed by atoms with E-state index in [2.05, 4.69) is 5.32 Å². The van der Waals surface area contributed by atoms with Crippen LogP contribution in [0.1, 0.15) is 28.3 Å². The van der Waals surface area contributed by atoms with Crippen LogP contribution in [0.3, 0.4) is 0 Å². The first kappa shape index (κ1) is 12.3. The number of hydrogen-bond donors (Lipinski definition) is 3. The third-order valence-corrected chi connectivity index (χ3v) is 2.09. The Morgan fingerprint density at radius 3 is 2.75 bits per heavy atom. The van der Waals surface area contributed by atoms with Crippen LogP contribution in [0.15, 0.2) is 10.5 Å². The second-order valence-corrected chi connectivity index (χ2v) is 3.39. The number of carboxylic acids is 1. The summed E-state index contributed by atoms with van der Waals surface area (Å²) in [6, 6.07) is 1.47. The first-order valence-electron chi connectivity index (χ1n) is 4.82. The molecule has 0 atom stereocenters. The molecule has 0 fully saturated rings. The number of aryl methyl sites for hydroxylation is 1. The number of nitrogens with one attached hydrogen (secondary N) is 1. The van der Waals surface area contributed by atoms with Crippen molar-refractivity contribution in [3.8, 4) is 0 Å². The van der Waals surface area contributed by atoms with Gasteiger partial charge < -0.3 is 20.6 Å². The number of nitrogens with two attached hydrogens (primary N) is 1. The van der Waals surface area contributed by atoms with Crippen molar-refractivity contribution in [2.75, 3.05) is 6.54 Å². The van der Waals surface area contributed by atoms with Gasteiger partial charge in [-0.15, -0.1) is 0 Å². The highest BCUT2D eigenvalue weighted by Gasteiger charge is 2.12. The molecule has 16 heavy (non-hydrogen) atoms. The first-order chi connectivity index (χ1) is 7.50. The monoisotopic (exact) mass is 226 g/mol. The number of carbonyl (C=O) groups excluding carboxylic acids is 1. The summed E-state index contributed by atoms with van der Waals surface area (Å²) in [5, 5.41) is 11.7. The number of furan rings is 1. The Morgan fingerprint density at radius 2 is 2.25 bits per heavy atom. The molecule has 0 aromatic carbocycles. The van der Waals surface area contributed by atoms with Gasteiger partial charge in [-0.3, -0.25) is 4.79 Å². The summed E-state index contributed by atoms with van der Waals surface area (Å²) in [6.07, 6.45) is 0.253. The maximum Gasteiger partial charge on any atom is 0.371 e. The molecule has 6 nitrogen and oxygen atoms in total. The van der Waals surface area contributed by atoms with Gasteiger partial charge in [0.05, 0.1) is 0 Å². The van der Waals surface area contributed by atoms with Crippen LogP contribution in [0.5, 0.6) is 0 Å². The van der Waals surface area contributed by atoms with Gasteiger partial charge in [0.25, 0.3) is 0 Å². The fourth-order valence-electron chi connectivity index (χ4n) is 1.24. The second kappa shape index (κ2) is 5.32. The molecule has 1 amide bonds. The molecule has 0 bridgehead atoms. The standard InChI is InChI=1S/C10H14N2O4/c1-6-7(4-8(16-6)10(14)15)5-12-3-2-9(11)13/h4,12H,2-3,5H2,1H3,(H2,11,13)(H,14,15). The van der Waals surface area contributed by atoms with E-state index in [9.17, 15) is 9.59 Å². The molecule has 0 saturated heterocycles. The lowest BCUT2D eigenvalue weighted by Gasteiger charge is -2.00. The summed E-state index contributed by atoms with van der Waals surface area (Å²) in [5.41, 5.74) is 5.74. The summed E-state index contributed by atoms with van der Waals surface area (Å²) < 4.78 is 5.02. The number of primary amides is 1. The molecule has 0 aliphatic heterocycles. The van der Waals surface area contributed by atoms with Crippen LogP contribution in [0.4, 0.5) is 0 Å². The number of carbonyl (C=O) groups is 2. The zero-order valence-corrected chi connectivity index (χ0v) is 8.95. The zero-order valence-electron chi connectivity index (χ0n) is 8.95. The Balaban J connectivity index is 2.47. The predicted molar refractivity (Wildman–Crippen MR) is 55.9 cm³/mol. The van der Waals surface area contributed by atoms with Crippen molar-refractivity contribution in [1.82, 2.24) is 5.32 Å². The number of carboxylic acid groups (broad SMARTS) is 1. The molecule has 0 radical (unpaired) electrons. The second-order valence-electron chi connectivity index (χ2n) is 3.39. The minimum absolute atomic E-state index is 0.0794. The topological polar surface area (TPSA) is 106 Å². The van der Waals surface area contributed by atoms with Crippen molar-refractivity contribution in [3.63, 3.8) is 0 Å². The van der Waals surface area contributed by atoms with E-state index < -0.39 is 5.97 Å². The average Bonchev–Trinajstić information content (AvgIpc) is 2.55. The third kappa shape index (κ3) is 3.39. The number of hydrogen-bond acceptors (Lipinski definition) is 4. The number of rotatable bonds is 6. The summed E-state index contributed by atoms with van der Waals surface area (Å²) in [7, 11) is 0. The van der Waals surface area contributed by atoms with Crippen LogP contribution in [0.25, 0.3) is 0 Å². The molecule has 0 spiro atoms. The maximum atomic E-state index is 10.6. The van der Waals surface area contributed by atoms with E-state index in [4.69, 9.17) is 15.3 Å². The summed E-state index contributed by atoms with van der Waals surface area (Å²) >= 11 is 0. The predicted octanol–water partition coefficient (Wildman–Crippen LogP) is 0.251. The van der Waals surface area contributed by atoms with Crippen molar-refractivity contribution in [2.45, 2.75) is 19.9 Å². The molecule has 0 aliphatic rings. The van der Waals surface area contributed by atoms with Crippen molar-refractivity contribution in [1.29, 1.82) is 0 Å². The summed E-state index contributed by atoms with van der Waals surface area (Å²) in [4.78, 5) is 21.1. The molecule has 88 valence electrons. The Hall–Kier alpha value is -1.82. The highest BCUT2D eigenvalue weighted by atomic mass is 16.4. The van der Waals surface area contributed by atoms with Gasteiger partial charge in [0.1, 0.15) is 5.76 Å². The largest absolute Gasteiger partial charge is 0.475 e. The van der Waals surface area contributed by atoms with E-state index in [0.717, 1.165) is 5.56 Å². The summed E-state index contributed by atoms with van der Waals surface area (Å²) in [6.45, 7) is 2.61. The normalized spacial score (nSPS) is 10.3. The lowest BCUT2D eigenvalue weighted by molar-refractivity contribution is -0.117. The minimum atomic E-state index is -1.09. The van der Waals surface area contributed by atoms with E-state index in [1.165, 1.54) is 6.07 Å². The first-order valence-corrected chi connectivity index (χ1v) is 4.82. The van der Waals surface area contributed by atoms with Gasteiger partial charge in [-0.2, -0.15) is 0 Å². The number of aromatic carboxylic acids is 1. The van der Waals surface area contributed by atoms with Crippen molar-refractivity contribution >= 4 is 11.9 Å². The Kier molecular flexibility index (Phi) is 4.07. The molecular formula is C10H14N2O4. The lowest BCUT2D eigenvalue weighted by Crippen LogP contribution is -2.21. The van der Waals surface area contributed by atoms with Gasteiger partial charge in [-0.05, 0) is 13.0 Å². The van der Waals surface area contributed by atoms with Gasteiger partial charge in [0, 0.05) is 25.1 Å². The van der Waals surface area contributed by atoms with Crippen LogP contribution < -0.4 is 11.1 Å². The molecule has 6 heteroatoms. The SMILES string of the molecule is Cc1oc(C(=O)O)cc1CNCCC(N)=O. The molecule has 1 rings (SSSR count). The average molecular weight is 226 g/mol. The zero-order chi connectivity index (χ0) is 12.1. The summed E-state index contributed by atoms with van der Waals surface area (Å²) in [5.74, 6) is -0.984. The van der Waals surface area contributed by atoms with E-state index in [0.29, 0.717) is 18.8 Å². The molecule has 0 unspecified atom stereocenters. The third-order valence-electron chi connectivity index (χ3n) is 2.09. The van der Waals surface area contributed by atoms with Gasteiger partial charge in [0.15, 0.2) is 0 Å². The van der Waals surface area contributed by atoms with Crippen LogP contribution in [0, 0.1) is 6.92 Å². The van der Waals surface area contributed by atoms with Crippen LogP contribution in [-0.2, 0) is 11.3 Å². The van der Waals surface area contributed by atoms with Gasteiger partial charge in [0.2, 0.25) is 11.7 Å². The Labute approximate surface area is 92.4 Å². The smallest absolute Gasteiger partial charge is 0.371 e. The van der Waals surface area contributed by atoms with Gasteiger partial charge in [-0.1, -0.05) is 0 Å². The highest BCUT2D eigenvalue weighted by molar-refractivity contribution is 5.84. The molecule has 4 N–H and O–H groups in total. The Bertz CT molecular complexity index is 398. The molecule has 0 saturated carbocycles. The van der Waals surface area contributed by atoms with Crippen molar-refractivity contribution < 1.29 is 19.1 Å². The number of amides is 1. The van der Waals surface area contributed by atoms with Gasteiger partial charge in [-0.25, -0.2) is 4.79 Å². The van der Waals surface area contributed by atoms with Crippen LogP contribution >= 0.6 is 0 Å². The van der Waals surface area contributed by atoms with Crippen LogP contribution in [0.2, 0.25) is 0 Å². The molecular weight excluding hydrogens is 212 g/mol. The van der Waals surface area contributed by atoms with E-state index in [-0.39, 0.29) is 18.1 Å². The van der Waals surface area contributed by atoms with Crippen molar-refractivity contribution in [2.24, 2.45) is 5.73 Å². The van der Waals surface area contributed by atoms with E-state index >= 15 is 0 Å². The quantitative estimate of drug-likeness (QED) is 0.603. The molecule has 0 aliphatic carbocycles. The van der Waals surface area contributed by atoms with E-state index in [1.807, 2.05) is 0 Å².